The van der Waals surface area contributed by atoms with Crippen LogP contribution in [0.4, 0.5) is 0 Å². The fourth-order valence-electron chi connectivity index (χ4n) is 1.24. The van der Waals surface area contributed by atoms with Crippen LogP contribution in [0.25, 0.3) is 0 Å². The van der Waals surface area contributed by atoms with Crippen molar-refractivity contribution in [1.29, 1.82) is 0 Å². The summed E-state index contributed by atoms with van der Waals surface area (Å²) in [4.78, 5) is 0. The molecular weight excluding hydrogens is 192 g/mol. The first-order valence-corrected chi connectivity index (χ1v) is 5.39. The molecule has 0 N–H and O–H groups in total. The fourth-order valence-corrected chi connectivity index (χ4v) is 1.24. The second-order valence-corrected chi connectivity index (χ2v) is 3.25. The Hall–Kier alpha value is -2.10. The maximum atomic E-state index is 5.40. The molecule has 0 aliphatic rings. The number of terminal acetylenes is 1. The van der Waals surface area contributed by atoms with Crippen LogP contribution in [0.1, 0.15) is 43.4 Å². The number of hydrogen-bond donors (Lipinski definition) is 0. The van der Waals surface area contributed by atoms with Gasteiger partial charge in [0.05, 0.1) is 0 Å². The Bertz CT molecular complexity index is 479. The molecule has 1 aromatic carbocycles. The summed E-state index contributed by atoms with van der Waals surface area (Å²) >= 11 is 0. The highest BCUT2D eigenvalue weighted by molar-refractivity contribution is 5.50. The second kappa shape index (κ2) is 6.40. The molecule has 0 saturated carbocycles. The van der Waals surface area contributed by atoms with Crippen molar-refractivity contribution < 1.29 is 0 Å². The molecule has 0 bridgehead atoms. The summed E-state index contributed by atoms with van der Waals surface area (Å²) in [5.74, 6) is 14.8. The minimum absolute atomic E-state index is 0.836. The van der Waals surface area contributed by atoms with Crippen molar-refractivity contribution in [3.63, 3.8) is 0 Å². The highest BCUT2D eigenvalue weighted by Crippen LogP contribution is 2.08. The molecule has 0 heterocycles. The van der Waals surface area contributed by atoms with E-state index < -0.39 is 0 Å². The SMILES string of the molecule is C#Cc1cc(C#CCC)cc(C#CCC)c1. The molecule has 0 aromatic heterocycles. The van der Waals surface area contributed by atoms with E-state index in [1.807, 2.05) is 32.0 Å². The van der Waals surface area contributed by atoms with E-state index in [0.29, 0.717) is 0 Å². The molecule has 1 aromatic rings. The van der Waals surface area contributed by atoms with Crippen LogP contribution in [0.3, 0.4) is 0 Å². The zero-order valence-corrected chi connectivity index (χ0v) is 9.72. The topological polar surface area (TPSA) is 0 Å². The predicted octanol–water partition coefficient (Wildman–Crippen LogP) is 3.19. The van der Waals surface area contributed by atoms with Crippen LogP contribution in [0.15, 0.2) is 18.2 Å². The number of benzene rings is 1. The van der Waals surface area contributed by atoms with Crippen LogP contribution in [-0.2, 0) is 0 Å². The molecule has 0 spiro atoms. The molecule has 0 amide bonds. The summed E-state index contributed by atoms with van der Waals surface area (Å²) in [6, 6.07) is 5.81. The standard InChI is InChI=1S/C16H14/c1-4-7-9-15-11-14(6-3)12-16(13-15)10-8-5-2/h3,11-13H,4-5H2,1-2H3. The van der Waals surface area contributed by atoms with E-state index in [-0.39, 0.29) is 0 Å². The first-order valence-electron chi connectivity index (χ1n) is 5.39. The quantitative estimate of drug-likeness (QED) is 0.572. The van der Waals surface area contributed by atoms with E-state index in [1.165, 1.54) is 0 Å². The van der Waals surface area contributed by atoms with Gasteiger partial charge < -0.3 is 0 Å². The third kappa shape index (κ3) is 3.57. The van der Waals surface area contributed by atoms with Gasteiger partial charge in [0, 0.05) is 29.5 Å². The molecule has 0 fully saturated rings. The van der Waals surface area contributed by atoms with Crippen LogP contribution in [0.2, 0.25) is 0 Å². The molecule has 0 saturated heterocycles. The van der Waals surface area contributed by atoms with Gasteiger partial charge in [0.1, 0.15) is 0 Å². The highest BCUT2D eigenvalue weighted by atomic mass is 14.0. The van der Waals surface area contributed by atoms with E-state index in [1.54, 1.807) is 0 Å². The molecule has 0 radical (unpaired) electrons. The van der Waals surface area contributed by atoms with Crippen molar-refractivity contribution in [3.8, 4) is 36.0 Å². The van der Waals surface area contributed by atoms with Crippen LogP contribution in [0, 0.1) is 36.0 Å². The Kier molecular flexibility index (Phi) is 4.79. The van der Waals surface area contributed by atoms with Crippen molar-refractivity contribution in [3.05, 3.63) is 34.9 Å². The maximum absolute atomic E-state index is 5.40. The van der Waals surface area contributed by atoms with Crippen LogP contribution < -0.4 is 0 Å². The van der Waals surface area contributed by atoms with Gasteiger partial charge >= 0.3 is 0 Å². The Labute approximate surface area is 98.1 Å². The van der Waals surface area contributed by atoms with E-state index in [2.05, 4.69) is 29.6 Å². The van der Waals surface area contributed by atoms with Gasteiger partial charge in [0.25, 0.3) is 0 Å². The Balaban J connectivity index is 3.17. The van der Waals surface area contributed by atoms with E-state index in [9.17, 15) is 0 Å². The second-order valence-electron chi connectivity index (χ2n) is 3.25. The molecule has 0 unspecified atom stereocenters. The lowest BCUT2D eigenvalue weighted by Crippen LogP contribution is -1.83. The Morgan fingerprint density at radius 2 is 1.31 bits per heavy atom. The summed E-state index contributed by atoms with van der Waals surface area (Å²) < 4.78 is 0. The number of rotatable bonds is 0. The van der Waals surface area contributed by atoms with Gasteiger partial charge in [0.15, 0.2) is 0 Å². The third-order valence-corrected chi connectivity index (χ3v) is 1.92. The summed E-state index contributed by atoms with van der Waals surface area (Å²) in [6.07, 6.45) is 7.09. The van der Waals surface area contributed by atoms with Crippen molar-refractivity contribution in [2.45, 2.75) is 26.7 Å². The Morgan fingerprint density at radius 1 is 0.875 bits per heavy atom. The summed E-state index contributed by atoms with van der Waals surface area (Å²) in [6.45, 7) is 4.05. The molecule has 0 aliphatic carbocycles. The van der Waals surface area contributed by atoms with Gasteiger partial charge in [-0.15, -0.1) is 6.42 Å². The van der Waals surface area contributed by atoms with Gasteiger partial charge in [-0.1, -0.05) is 43.4 Å². The zero-order valence-electron chi connectivity index (χ0n) is 9.72. The average Bonchev–Trinajstić information content (AvgIpc) is 2.33. The first-order chi connectivity index (χ1) is 7.80. The van der Waals surface area contributed by atoms with Gasteiger partial charge in [-0.3, -0.25) is 0 Å². The number of hydrogen-bond acceptors (Lipinski definition) is 0. The minimum atomic E-state index is 0.836. The van der Waals surface area contributed by atoms with Crippen molar-refractivity contribution >= 4 is 0 Å². The van der Waals surface area contributed by atoms with Gasteiger partial charge in [-0.05, 0) is 18.2 Å². The average molecular weight is 206 g/mol. The van der Waals surface area contributed by atoms with Crippen LogP contribution >= 0.6 is 0 Å². The lowest BCUT2D eigenvalue weighted by Gasteiger charge is -1.96. The summed E-state index contributed by atoms with van der Waals surface area (Å²) in [5, 5.41) is 0. The monoisotopic (exact) mass is 206 g/mol. The molecule has 1 rings (SSSR count). The molecular formula is C16H14. The van der Waals surface area contributed by atoms with Crippen molar-refractivity contribution in [2.24, 2.45) is 0 Å². The normalized spacial score (nSPS) is 8.06. The molecule has 0 heteroatoms. The van der Waals surface area contributed by atoms with E-state index >= 15 is 0 Å². The smallest absolute Gasteiger partial charge is 0.0270 e. The van der Waals surface area contributed by atoms with Crippen LogP contribution in [-0.4, -0.2) is 0 Å². The molecule has 0 nitrogen and oxygen atoms in total. The minimum Gasteiger partial charge on any atom is -0.115 e. The molecule has 78 valence electrons. The molecule has 0 atom stereocenters. The maximum Gasteiger partial charge on any atom is 0.0270 e. The molecule has 16 heavy (non-hydrogen) atoms. The van der Waals surface area contributed by atoms with Crippen molar-refractivity contribution in [2.75, 3.05) is 0 Å². The largest absolute Gasteiger partial charge is 0.115 e. The first kappa shape index (κ1) is 12.0. The summed E-state index contributed by atoms with van der Waals surface area (Å²) in [7, 11) is 0. The highest BCUT2D eigenvalue weighted by Gasteiger charge is 1.95. The lowest BCUT2D eigenvalue weighted by atomic mass is 10.1. The van der Waals surface area contributed by atoms with E-state index in [4.69, 9.17) is 6.42 Å². The van der Waals surface area contributed by atoms with E-state index in [0.717, 1.165) is 29.5 Å². The zero-order chi connectivity index (χ0) is 11.8. The predicted molar refractivity (Wildman–Crippen MR) is 68.7 cm³/mol. The fraction of sp³-hybridized carbons (Fsp3) is 0.250. The van der Waals surface area contributed by atoms with Crippen LogP contribution in [0.5, 0.6) is 0 Å². The van der Waals surface area contributed by atoms with Gasteiger partial charge in [0.2, 0.25) is 0 Å². The van der Waals surface area contributed by atoms with Crippen molar-refractivity contribution in [1.82, 2.24) is 0 Å². The van der Waals surface area contributed by atoms with Gasteiger partial charge in [-0.2, -0.15) is 0 Å². The third-order valence-electron chi connectivity index (χ3n) is 1.92. The lowest BCUT2D eigenvalue weighted by molar-refractivity contribution is 1.28. The molecule has 0 aliphatic heterocycles. The summed E-state index contributed by atoms with van der Waals surface area (Å²) in [5.41, 5.74) is 2.72. The van der Waals surface area contributed by atoms with Gasteiger partial charge in [-0.25, -0.2) is 0 Å². The Morgan fingerprint density at radius 3 is 1.69 bits per heavy atom.